The Labute approximate surface area is 294 Å². The Kier molecular flexibility index (Phi) is 5.92. The van der Waals surface area contributed by atoms with Crippen LogP contribution in [-0.4, -0.2) is 14.1 Å². The molecule has 4 heteroatoms. The first-order valence-electron chi connectivity index (χ1n) is 17.4. The third-order valence-electron chi connectivity index (χ3n) is 10.5. The summed E-state index contributed by atoms with van der Waals surface area (Å²) in [4.78, 5) is 7.23. The van der Waals surface area contributed by atoms with Gasteiger partial charge in [0.05, 0.1) is 44.6 Å². The van der Waals surface area contributed by atoms with Crippen LogP contribution in [0.5, 0.6) is 0 Å². The zero-order chi connectivity index (χ0) is 33.5. The minimum absolute atomic E-state index is 1.02. The zero-order valence-electron chi connectivity index (χ0n) is 27.6. The Bertz CT molecular complexity index is 2930. The third-order valence-corrected chi connectivity index (χ3v) is 10.5. The Morgan fingerprint density at radius 3 is 1.84 bits per heavy atom. The number of benzene rings is 7. The van der Waals surface area contributed by atoms with Crippen molar-refractivity contribution >= 4 is 60.8 Å². The predicted molar refractivity (Wildman–Crippen MR) is 212 cm³/mol. The van der Waals surface area contributed by atoms with Crippen LogP contribution in [0.25, 0.3) is 77.4 Å². The molecule has 1 aliphatic rings. The number of anilines is 3. The highest BCUT2D eigenvalue weighted by atomic mass is 15.2. The quantitative estimate of drug-likeness (QED) is 0.186. The number of pyridine rings is 1. The molecule has 0 amide bonds. The van der Waals surface area contributed by atoms with E-state index in [1.807, 2.05) is 12.3 Å². The van der Waals surface area contributed by atoms with Crippen LogP contribution in [-0.2, 0) is 0 Å². The molecule has 51 heavy (non-hydrogen) atoms. The van der Waals surface area contributed by atoms with Gasteiger partial charge >= 0.3 is 0 Å². The van der Waals surface area contributed by atoms with E-state index in [0.717, 1.165) is 55.9 Å². The van der Waals surface area contributed by atoms with Crippen molar-refractivity contribution in [1.29, 1.82) is 0 Å². The van der Waals surface area contributed by atoms with Gasteiger partial charge in [-0.05, 0) is 77.9 Å². The van der Waals surface area contributed by atoms with Crippen molar-refractivity contribution in [2.75, 3.05) is 4.90 Å². The first kappa shape index (κ1) is 28.0. The van der Waals surface area contributed by atoms with E-state index in [1.54, 1.807) is 0 Å². The summed E-state index contributed by atoms with van der Waals surface area (Å²) in [7, 11) is 0. The maximum atomic E-state index is 4.81. The normalized spacial score (nSPS) is 12.3. The molecule has 1 aliphatic heterocycles. The second-order valence-corrected chi connectivity index (χ2v) is 13.2. The summed E-state index contributed by atoms with van der Waals surface area (Å²) in [6.45, 7) is 0. The minimum atomic E-state index is 1.02. The van der Waals surface area contributed by atoms with E-state index < -0.39 is 0 Å². The maximum absolute atomic E-state index is 4.81. The molecule has 0 fully saturated rings. The Morgan fingerprint density at radius 1 is 0.353 bits per heavy atom. The van der Waals surface area contributed by atoms with Crippen molar-refractivity contribution in [3.05, 3.63) is 182 Å². The van der Waals surface area contributed by atoms with Crippen molar-refractivity contribution in [3.63, 3.8) is 0 Å². The molecule has 0 unspecified atom stereocenters. The van der Waals surface area contributed by atoms with E-state index in [-0.39, 0.29) is 0 Å². The van der Waals surface area contributed by atoms with Gasteiger partial charge < -0.3 is 14.0 Å². The fraction of sp³-hybridized carbons (Fsp3) is 0. The molecule has 0 N–H and O–H groups in total. The van der Waals surface area contributed by atoms with Gasteiger partial charge in [0.15, 0.2) is 0 Å². The molecular formula is C47H30N4. The highest BCUT2D eigenvalue weighted by Gasteiger charge is 2.27. The van der Waals surface area contributed by atoms with E-state index in [9.17, 15) is 0 Å². The molecule has 4 nitrogen and oxygen atoms in total. The van der Waals surface area contributed by atoms with Crippen molar-refractivity contribution in [2.45, 2.75) is 0 Å². The van der Waals surface area contributed by atoms with Crippen molar-refractivity contribution < 1.29 is 0 Å². The second-order valence-electron chi connectivity index (χ2n) is 13.2. The lowest BCUT2D eigenvalue weighted by Crippen LogP contribution is -2.14. The number of hydrogen-bond acceptors (Lipinski definition) is 2. The molecule has 0 aliphatic carbocycles. The molecule has 4 heterocycles. The van der Waals surface area contributed by atoms with Crippen LogP contribution in [0.15, 0.2) is 182 Å². The Balaban J connectivity index is 1.30. The monoisotopic (exact) mass is 650 g/mol. The first-order valence-corrected chi connectivity index (χ1v) is 17.4. The number of aromatic nitrogens is 3. The summed E-state index contributed by atoms with van der Waals surface area (Å²) in [6, 6.07) is 63.8. The van der Waals surface area contributed by atoms with E-state index in [4.69, 9.17) is 4.98 Å². The maximum Gasteiger partial charge on any atom is 0.0963 e. The standard InChI is InChI=1S/C47H30N4/c1-2-14-31(15-3-1)49-40-22-8-6-18-35(40)33-16-4-5-17-34(33)36-20-12-21-37-39-30-32(27-28-42(39)51(47(36)37)44-25-11-10-24-43(44)49)50-41-23-9-7-19-38(41)46-45(50)26-13-29-48-46/h1-30H. The SMILES string of the molecule is c1ccc(N2c3ccccc3-c3ccccc3-c3cccc4c5cc(-n6c7ccccc7c7ncccc76)ccc5n(c34)-c3ccccc32)cc1. The van der Waals surface area contributed by atoms with Gasteiger partial charge in [-0.3, -0.25) is 4.98 Å². The Morgan fingerprint density at radius 2 is 0.980 bits per heavy atom. The molecule has 0 saturated heterocycles. The molecule has 10 aromatic rings. The van der Waals surface area contributed by atoms with Crippen molar-refractivity contribution in [3.8, 4) is 33.6 Å². The highest BCUT2D eigenvalue weighted by molar-refractivity contribution is 6.16. The summed E-state index contributed by atoms with van der Waals surface area (Å²) in [5.41, 5.74) is 16.0. The van der Waals surface area contributed by atoms with Gasteiger partial charge in [0.1, 0.15) is 0 Å². The fourth-order valence-electron chi connectivity index (χ4n) is 8.40. The number of hydrogen-bond donors (Lipinski definition) is 0. The van der Waals surface area contributed by atoms with Gasteiger partial charge in [0.2, 0.25) is 0 Å². The van der Waals surface area contributed by atoms with Crippen LogP contribution in [0.4, 0.5) is 17.1 Å². The highest BCUT2D eigenvalue weighted by Crippen LogP contribution is 2.49. The lowest BCUT2D eigenvalue weighted by atomic mass is 9.91. The topological polar surface area (TPSA) is 26.0 Å². The number of fused-ring (bicyclic) bond motifs is 12. The average Bonchev–Trinajstić information content (AvgIpc) is 3.71. The predicted octanol–water partition coefficient (Wildman–Crippen LogP) is 12.4. The average molecular weight is 651 g/mol. The van der Waals surface area contributed by atoms with Gasteiger partial charge in [-0.25, -0.2) is 0 Å². The van der Waals surface area contributed by atoms with Gasteiger partial charge in [0.25, 0.3) is 0 Å². The molecular weight excluding hydrogens is 621 g/mol. The second kappa shape index (κ2) is 10.8. The van der Waals surface area contributed by atoms with Gasteiger partial charge in [-0.15, -0.1) is 0 Å². The van der Waals surface area contributed by atoms with Gasteiger partial charge in [-0.1, -0.05) is 109 Å². The first-order chi connectivity index (χ1) is 25.3. The van der Waals surface area contributed by atoms with Crippen LogP contribution in [0, 0.1) is 0 Å². The Hall–Kier alpha value is -6.91. The lowest BCUT2D eigenvalue weighted by Gasteiger charge is -2.31. The number of nitrogens with zero attached hydrogens (tertiary/aromatic N) is 4. The van der Waals surface area contributed by atoms with Crippen LogP contribution in [0.3, 0.4) is 0 Å². The molecule has 11 rings (SSSR count). The fourth-order valence-corrected chi connectivity index (χ4v) is 8.40. The summed E-state index contributed by atoms with van der Waals surface area (Å²) in [6.07, 6.45) is 1.89. The summed E-state index contributed by atoms with van der Waals surface area (Å²) >= 11 is 0. The summed E-state index contributed by atoms with van der Waals surface area (Å²) < 4.78 is 4.85. The minimum Gasteiger partial charge on any atom is -0.308 e. The number of para-hydroxylation sites is 6. The summed E-state index contributed by atoms with van der Waals surface area (Å²) in [5, 5.41) is 3.57. The van der Waals surface area contributed by atoms with Crippen LogP contribution >= 0.6 is 0 Å². The van der Waals surface area contributed by atoms with Gasteiger partial charge in [0, 0.05) is 44.9 Å². The molecule has 0 atom stereocenters. The van der Waals surface area contributed by atoms with E-state index >= 15 is 0 Å². The molecule has 238 valence electrons. The number of rotatable bonds is 2. The summed E-state index contributed by atoms with van der Waals surface area (Å²) in [5.74, 6) is 0. The van der Waals surface area contributed by atoms with Crippen LogP contribution < -0.4 is 4.90 Å². The van der Waals surface area contributed by atoms with Crippen LogP contribution in [0.1, 0.15) is 0 Å². The lowest BCUT2D eigenvalue weighted by molar-refractivity contribution is 1.14. The molecule has 0 saturated carbocycles. The molecule has 0 radical (unpaired) electrons. The molecule has 3 aromatic heterocycles. The van der Waals surface area contributed by atoms with Gasteiger partial charge in [-0.2, -0.15) is 0 Å². The largest absolute Gasteiger partial charge is 0.308 e. The van der Waals surface area contributed by atoms with Crippen LogP contribution in [0.2, 0.25) is 0 Å². The molecule has 7 aromatic carbocycles. The molecule has 0 bridgehead atoms. The smallest absolute Gasteiger partial charge is 0.0963 e. The van der Waals surface area contributed by atoms with E-state index in [1.165, 1.54) is 38.5 Å². The van der Waals surface area contributed by atoms with Crippen molar-refractivity contribution in [1.82, 2.24) is 14.1 Å². The third kappa shape index (κ3) is 3.99. The van der Waals surface area contributed by atoms with E-state index in [0.29, 0.717) is 0 Å². The molecule has 0 spiro atoms. The zero-order valence-corrected chi connectivity index (χ0v) is 27.6. The van der Waals surface area contributed by atoms with E-state index in [2.05, 4.69) is 184 Å². The van der Waals surface area contributed by atoms with Crippen molar-refractivity contribution in [2.24, 2.45) is 0 Å².